The minimum atomic E-state index is -0.354. The van der Waals surface area contributed by atoms with Crippen molar-refractivity contribution >= 4 is 27.6 Å². The predicted molar refractivity (Wildman–Crippen MR) is 106 cm³/mol. The third-order valence-corrected chi connectivity index (χ3v) is 4.67. The molecular weight excluding hydrogens is 336 g/mol. The van der Waals surface area contributed by atoms with Crippen LogP contribution >= 0.6 is 0 Å². The average molecular weight is 354 g/mol. The summed E-state index contributed by atoms with van der Waals surface area (Å²) in [6.45, 7) is 2.64. The summed E-state index contributed by atoms with van der Waals surface area (Å²) < 4.78 is 7.17. The van der Waals surface area contributed by atoms with Gasteiger partial charge in [0, 0.05) is 11.9 Å². The van der Waals surface area contributed by atoms with E-state index >= 15 is 0 Å². The maximum Gasteiger partial charge on any atom is 0.354 e. The van der Waals surface area contributed by atoms with Gasteiger partial charge < -0.3 is 9.30 Å². The Bertz CT molecular complexity index is 1200. The molecule has 132 valence electrons. The lowest BCUT2D eigenvalue weighted by atomic mass is 10.1. The molecular formula is C23H18N2O2. The number of carbonyl (C=O) groups is 1. The van der Waals surface area contributed by atoms with Crippen LogP contribution in [0, 0.1) is 11.3 Å². The molecule has 0 bridgehead atoms. The first-order valence-corrected chi connectivity index (χ1v) is 8.88. The number of aromatic nitrogens is 1. The minimum absolute atomic E-state index is 0.319. The molecule has 0 saturated carbocycles. The van der Waals surface area contributed by atoms with E-state index in [1.54, 1.807) is 13.0 Å². The molecule has 0 atom stereocenters. The number of fused-ring (bicyclic) bond motifs is 2. The molecule has 0 fully saturated rings. The minimum Gasteiger partial charge on any atom is -0.461 e. The van der Waals surface area contributed by atoms with Crippen LogP contribution in [0.5, 0.6) is 0 Å². The van der Waals surface area contributed by atoms with Gasteiger partial charge in [-0.2, -0.15) is 5.26 Å². The highest BCUT2D eigenvalue weighted by molar-refractivity contribution is 5.96. The number of hydrogen-bond donors (Lipinski definition) is 0. The topological polar surface area (TPSA) is 55.0 Å². The molecule has 3 aromatic carbocycles. The summed E-state index contributed by atoms with van der Waals surface area (Å²) in [7, 11) is 0. The monoisotopic (exact) mass is 354 g/mol. The van der Waals surface area contributed by atoms with Gasteiger partial charge in [-0.25, -0.2) is 4.79 Å². The number of carbonyl (C=O) groups excluding carboxylic acids is 1. The molecule has 1 aromatic heterocycles. The van der Waals surface area contributed by atoms with Crippen molar-refractivity contribution in [2.45, 2.75) is 13.5 Å². The van der Waals surface area contributed by atoms with Crippen molar-refractivity contribution in [3.05, 3.63) is 83.6 Å². The quantitative estimate of drug-likeness (QED) is 0.490. The molecule has 0 radical (unpaired) electrons. The molecule has 0 aliphatic rings. The van der Waals surface area contributed by atoms with Gasteiger partial charge in [-0.1, -0.05) is 42.5 Å². The molecule has 4 rings (SSSR count). The molecule has 1 heterocycles. The van der Waals surface area contributed by atoms with E-state index in [2.05, 4.69) is 36.4 Å². The predicted octanol–water partition coefficient (Wildman–Crippen LogP) is 4.89. The Morgan fingerprint density at radius 3 is 2.56 bits per heavy atom. The van der Waals surface area contributed by atoms with Gasteiger partial charge in [0.15, 0.2) is 0 Å². The van der Waals surface area contributed by atoms with Crippen LogP contribution in [0.2, 0.25) is 0 Å². The zero-order chi connectivity index (χ0) is 18.8. The van der Waals surface area contributed by atoms with E-state index in [0.717, 1.165) is 21.9 Å². The van der Waals surface area contributed by atoms with Crippen molar-refractivity contribution < 1.29 is 9.53 Å². The van der Waals surface area contributed by atoms with Crippen LogP contribution in [-0.2, 0) is 11.3 Å². The van der Waals surface area contributed by atoms with E-state index < -0.39 is 0 Å². The lowest BCUT2D eigenvalue weighted by Crippen LogP contribution is -2.13. The molecule has 0 aliphatic carbocycles. The first-order chi connectivity index (χ1) is 13.2. The third-order valence-electron chi connectivity index (χ3n) is 4.67. The van der Waals surface area contributed by atoms with Crippen molar-refractivity contribution in [3.8, 4) is 6.07 Å². The van der Waals surface area contributed by atoms with Gasteiger partial charge in [0.25, 0.3) is 0 Å². The largest absolute Gasteiger partial charge is 0.461 e. The summed E-state index contributed by atoms with van der Waals surface area (Å²) in [4.78, 5) is 12.5. The molecule has 4 aromatic rings. The normalized spacial score (nSPS) is 10.8. The second kappa shape index (κ2) is 6.97. The fraction of sp³-hybridized carbons (Fsp3) is 0.130. The summed E-state index contributed by atoms with van der Waals surface area (Å²) in [5.74, 6) is -0.354. The second-order valence-corrected chi connectivity index (χ2v) is 6.40. The zero-order valence-corrected chi connectivity index (χ0v) is 15.0. The van der Waals surface area contributed by atoms with E-state index in [0.29, 0.717) is 24.4 Å². The standard InChI is InChI=1S/C23H18N2O2/c1-2-27-23(26)22-13-20-10-7-16(14-24)12-21(20)25(22)15-17-8-9-18-5-3-4-6-19(18)11-17/h3-13H,2,15H2,1H3. The lowest BCUT2D eigenvalue weighted by molar-refractivity contribution is 0.0515. The summed E-state index contributed by atoms with van der Waals surface area (Å²) in [6.07, 6.45) is 0. The fourth-order valence-corrected chi connectivity index (χ4v) is 3.39. The van der Waals surface area contributed by atoms with Crippen molar-refractivity contribution in [3.63, 3.8) is 0 Å². The van der Waals surface area contributed by atoms with Gasteiger partial charge in [0.1, 0.15) is 5.69 Å². The van der Waals surface area contributed by atoms with E-state index in [9.17, 15) is 10.1 Å². The smallest absolute Gasteiger partial charge is 0.354 e. The van der Waals surface area contributed by atoms with Crippen molar-refractivity contribution in [1.82, 2.24) is 4.57 Å². The van der Waals surface area contributed by atoms with Crippen molar-refractivity contribution in [2.24, 2.45) is 0 Å². The van der Waals surface area contributed by atoms with Crippen molar-refractivity contribution in [1.29, 1.82) is 5.26 Å². The number of nitriles is 1. The number of benzene rings is 3. The van der Waals surface area contributed by atoms with Gasteiger partial charge in [-0.05, 0) is 47.5 Å². The summed E-state index contributed by atoms with van der Waals surface area (Å²) in [5, 5.41) is 12.5. The van der Waals surface area contributed by atoms with Gasteiger partial charge in [0.05, 0.1) is 23.8 Å². The Morgan fingerprint density at radius 2 is 1.78 bits per heavy atom. The van der Waals surface area contributed by atoms with Gasteiger partial charge in [-0.3, -0.25) is 0 Å². The SMILES string of the molecule is CCOC(=O)c1cc2ccc(C#N)cc2n1Cc1ccc2ccccc2c1. The van der Waals surface area contributed by atoms with E-state index in [4.69, 9.17) is 4.74 Å². The zero-order valence-electron chi connectivity index (χ0n) is 15.0. The maximum atomic E-state index is 12.5. The van der Waals surface area contributed by atoms with Crippen LogP contribution in [0.3, 0.4) is 0 Å². The van der Waals surface area contributed by atoms with Crippen LogP contribution in [0.4, 0.5) is 0 Å². The Hall–Kier alpha value is -3.58. The highest BCUT2D eigenvalue weighted by Gasteiger charge is 2.17. The first kappa shape index (κ1) is 16.9. The van der Waals surface area contributed by atoms with Crippen LogP contribution in [0.1, 0.15) is 28.5 Å². The Kier molecular flexibility index (Phi) is 4.35. The van der Waals surface area contributed by atoms with E-state index in [-0.39, 0.29) is 5.97 Å². The Labute approximate surface area is 157 Å². The highest BCUT2D eigenvalue weighted by Crippen LogP contribution is 2.25. The summed E-state index contributed by atoms with van der Waals surface area (Å²) in [6, 6.07) is 23.9. The maximum absolute atomic E-state index is 12.5. The molecule has 4 nitrogen and oxygen atoms in total. The summed E-state index contributed by atoms with van der Waals surface area (Å²) in [5.41, 5.74) is 3.00. The fourth-order valence-electron chi connectivity index (χ4n) is 3.39. The number of esters is 1. The van der Waals surface area contributed by atoms with Crippen molar-refractivity contribution in [2.75, 3.05) is 6.61 Å². The number of nitrogens with zero attached hydrogens (tertiary/aromatic N) is 2. The van der Waals surface area contributed by atoms with Crippen LogP contribution in [-0.4, -0.2) is 17.1 Å². The second-order valence-electron chi connectivity index (χ2n) is 6.40. The van der Waals surface area contributed by atoms with E-state index in [1.165, 1.54) is 5.39 Å². The molecule has 0 amide bonds. The molecule has 0 spiro atoms. The average Bonchev–Trinajstić information content (AvgIpc) is 3.06. The lowest BCUT2D eigenvalue weighted by Gasteiger charge is -2.11. The van der Waals surface area contributed by atoms with Crippen LogP contribution < -0.4 is 0 Å². The van der Waals surface area contributed by atoms with Gasteiger partial charge >= 0.3 is 5.97 Å². The van der Waals surface area contributed by atoms with Crippen LogP contribution in [0.25, 0.3) is 21.7 Å². The summed E-state index contributed by atoms with van der Waals surface area (Å²) >= 11 is 0. The third kappa shape index (κ3) is 3.16. The number of ether oxygens (including phenoxy) is 1. The molecule has 0 unspecified atom stereocenters. The number of rotatable bonds is 4. The van der Waals surface area contributed by atoms with Gasteiger partial charge in [-0.15, -0.1) is 0 Å². The molecule has 0 N–H and O–H groups in total. The van der Waals surface area contributed by atoms with Crippen LogP contribution in [0.15, 0.2) is 66.7 Å². The molecule has 4 heteroatoms. The molecule has 0 saturated heterocycles. The Balaban J connectivity index is 1.85. The van der Waals surface area contributed by atoms with E-state index in [1.807, 2.05) is 34.9 Å². The van der Waals surface area contributed by atoms with Gasteiger partial charge in [0.2, 0.25) is 0 Å². The molecule has 27 heavy (non-hydrogen) atoms. The molecule has 0 aliphatic heterocycles. The first-order valence-electron chi connectivity index (χ1n) is 8.88. The Morgan fingerprint density at radius 1 is 1.00 bits per heavy atom. The number of hydrogen-bond acceptors (Lipinski definition) is 3. The highest BCUT2D eigenvalue weighted by atomic mass is 16.5.